The minimum absolute atomic E-state index is 0.193. The highest BCUT2D eigenvalue weighted by molar-refractivity contribution is 6.08. The van der Waals surface area contributed by atoms with E-state index in [2.05, 4.69) is 30.2 Å². The second-order valence-electron chi connectivity index (χ2n) is 7.44. The summed E-state index contributed by atoms with van der Waals surface area (Å²) in [6, 6.07) is 5.35. The van der Waals surface area contributed by atoms with Gasteiger partial charge in [0.1, 0.15) is 35.5 Å². The van der Waals surface area contributed by atoms with Crippen LogP contribution in [0.2, 0.25) is 0 Å². The van der Waals surface area contributed by atoms with E-state index in [9.17, 15) is 4.79 Å². The molecule has 11 nitrogen and oxygen atoms in total. The molecule has 0 aliphatic rings. The summed E-state index contributed by atoms with van der Waals surface area (Å²) in [6.07, 6.45) is 7.30. The predicted molar refractivity (Wildman–Crippen MR) is 127 cm³/mol. The summed E-state index contributed by atoms with van der Waals surface area (Å²) in [5, 5.41) is 3.19. The minimum atomic E-state index is -0.247. The molecule has 178 valence electrons. The van der Waals surface area contributed by atoms with Crippen LogP contribution in [0.1, 0.15) is 23.0 Å². The van der Waals surface area contributed by atoms with Gasteiger partial charge in [-0.2, -0.15) is 0 Å². The van der Waals surface area contributed by atoms with Gasteiger partial charge in [-0.05, 0) is 19.1 Å². The summed E-state index contributed by atoms with van der Waals surface area (Å²) in [6.45, 7) is 2.32. The molecule has 0 spiro atoms. The molecule has 0 fully saturated rings. The fraction of sp³-hybridized carbons (Fsp3) is 0.304. The first-order valence-electron chi connectivity index (χ1n) is 10.4. The summed E-state index contributed by atoms with van der Waals surface area (Å²) in [5.74, 6) is 1.54. The number of hydrogen-bond donors (Lipinski definition) is 1. The topological polar surface area (TPSA) is 124 Å². The summed E-state index contributed by atoms with van der Waals surface area (Å²) < 4.78 is 17.1. The van der Waals surface area contributed by atoms with Crippen molar-refractivity contribution in [1.82, 2.24) is 24.8 Å². The molecule has 0 saturated carbocycles. The molecule has 1 aromatic carbocycles. The van der Waals surface area contributed by atoms with Crippen molar-refractivity contribution in [3.8, 4) is 17.4 Å². The first-order valence-corrected chi connectivity index (χ1v) is 10.4. The zero-order valence-corrected chi connectivity index (χ0v) is 19.7. The Labute approximate surface area is 197 Å². The van der Waals surface area contributed by atoms with Gasteiger partial charge in [-0.15, -0.1) is 0 Å². The van der Waals surface area contributed by atoms with Gasteiger partial charge in [0.05, 0.1) is 37.1 Å². The molecule has 1 N–H and O–H groups in total. The first-order chi connectivity index (χ1) is 16.4. The maximum atomic E-state index is 12.0. The van der Waals surface area contributed by atoms with Crippen molar-refractivity contribution in [2.45, 2.75) is 13.0 Å². The average Bonchev–Trinajstić information content (AvgIpc) is 2.83. The van der Waals surface area contributed by atoms with Crippen LogP contribution in [-0.2, 0) is 4.74 Å². The van der Waals surface area contributed by atoms with E-state index in [0.717, 1.165) is 0 Å². The fourth-order valence-corrected chi connectivity index (χ4v) is 2.92. The normalized spacial score (nSPS) is 12.1. The molecule has 3 aromatic rings. The number of methoxy groups -OCH3 is 1. The second kappa shape index (κ2) is 11.7. The third kappa shape index (κ3) is 6.69. The Morgan fingerprint density at radius 2 is 1.82 bits per heavy atom. The number of amides is 1. The van der Waals surface area contributed by atoms with Gasteiger partial charge < -0.3 is 24.4 Å². The smallest absolute Gasteiger partial charge is 0.273 e. The molecule has 1 amide bonds. The number of aliphatic imine (C=N–C) groups is 1. The highest BCUT2D eigenvalue weighted by Crippen LogP contribution is 2.28. The van der Waals surface area contributed by atoms with E-state index in [1.54, 1.807) is 52.8 Å². The Morgan fingerprint density at radius 3 is 2.44 bits per heavy atom. The number of benzene rings is 1. The number of anilines is 1. The van der Waals surface area contributed by atoms with E-state index < -0.39 is 0 Å². The molecule has 3 rings (SSSR count). The Hall–Kier alpha value is -4.12. The van der Waals surface area contributed by atoms with Crippen molar-refractivity contribution in [2.75, 3.05) is 40.2 Å². The molecule has 11 heteroatoms. The summed E-state index contributed by atoms with van der Waals surface area (Å²) >= 11 is 0. The molecule has 0 aliphatic carbocycles. The van der Waals surface area contributed by atoms with Gasteiger partial charge >= 0.3 is 0 Å². The third-order valence-electron chi connectivity index (χ3n) is 4.41. The summed E-state index contributed by atoms with van der Waals surface area (Å²) in [7, 11) is 6.57. The van der Waals surface area contributed by atoms with Crippen LogP contribution < -0.4 is 14.8 Å². The average molecular weight is 466 g/mol. The highest BCUT2D eigenvalue weighted by atomic mass is 16.5. The van der Waals surface area contributed by atoms with Crippen LogP contribution in [0.5, 0.6) is 17.4 Å². The lowest BCUT2D eigenvalue weighted by atomic mass is 10.1. The number of nitrogens with zero attached hydrogens (tertiary/aromatic N) is 6. The number of carbonyl (C=O) groups is 1. The van der Waals surface area contributed by atoms with Crippen molar-refractivity contribution in [2.24, 2.45) is 4.99 Å². The monoisotopic (exact) mass is 465 g/mol. The predicted octanol–water partition coefficient (Wildman–Crippen LogP) is 2.66. The third-order valence-corrected chi connectivity index (χ3v) is 4.41. The van der Waals surface area contributed by atoms with E-state index in [1.165, 1.54) is 23.6 Å². The quantitative estimate of drug-likeness (QED) is 0.375. The molecule has 0 aliphatic heterocycles. The Bertz CT molecular complexity index is 1120. The van der Waals surface area contributed by atoms with E-state index in [-0.39, 0.29) is 23.6 Å². The van der Waals surface area contributed by atoms with E-state index in [0.29, 0.717) is 35.2 Å². The maximum absolute atomic E-state index is 12.0. The number of rotatable bonds is 9. The number of carbonyl (C=O) groups excluding carboxylic acids is 1. The minimum Gasteiger partial charge on any atom is -0.488 e. The van der Waals surface area contributed by atoms with Gasteiger partial charge in [0, 0.05) is 39.9 Å². The SMILES string of the molecule is CN=C(Nc1cncnc1)c1cc(Oc2cnc(C(=O)N(C)C)cn2)cc(OC(C)COC)c1. The molecule has 2 aromatic heterocycles. The Kier molecular flexibility index (Phi) is 8.41. The zero-order chi connectivity index (χ0) is 24.5. The van der Waals surface area contributed by atoms with Gasteiger partial charge in [0.15, 0.2) is 0 Å². The number of amidine groups is 1. The van der Waals surface area contributed by atoms with Gasteiger partial charge in [-0.25, -0.2) is 19.9 Å². The van der Waals surface area contributed by atoms with Crippen LogP contribution in [-0.4, -0.2) is 77.5 Å². The molecular weight excluding hydrogens is 438 g/mol. The lowest BCUT2D eigenvalue weighted by molar-refractivity contribution is 0.0821. The van der Waals surface area contributed by atoms with Crippen LogP contribution in [0.3, 0.4) is 0 Å². The van der Waals surface area contributed by atoms with Gasteiger partial charge in [0.2, 0.25) is 5.88 Å². The first kappa shape index (κ1) is 24.5. The summed E-state index contributed by atoms with van der Waals surface area (Å²) in [4.78, 5) is 34.2. The van der Waals surface area contributed by atoms with Gasteiger partial charge in [-0.1, -0.05) is 0 Å². The van der Waals surface area contributed by atoms with Crippen LogP contribution >= 0.6 is 0 Å². The van der Waals surface area contributed by atoms with Crippen LogP contribution in [0.15, 0.2) is 54.3 Å². The molecule has 0 radical (unpaired) electrons. The molecule has 1 unspecified atom stereocenters. The van der Waals surface area contributed by atoms with Crippen LogP contribution in [0.4, 0.5) is 5.69 Å². The van der Waals surface area contributed by atoms with Crippen molar-refractivity contribution >= 4 is 17.4 Å². The lowest BCUT2D eigenvalue weighted by Gasteiger charge is -2.17. The van der Waals surface area contributed by atoms with Crippen molar-refractivity contribution < 1.29 is 19.0 Å². The molecular formula is C23H27N7O4. The molecule has 0 saturated heterocycles. The molecule has 34 heavy (non-hydrogen) atoms. The number of ether oxygens (including phenoxy) is 3. The maximum Gasteiger partial charge on any atom is 0.273 e. The zero-order valence-electron chi connectivity index (χ0n) is 19.7. The van der Waals surface area contributed by atoms with Gasteiger partial charge in [0.25, 0.3) is 5.91 Å². The van der Waals surface area contributed by atoms with E-state index in [4.69, 9.17) is 14.2 Å². The van der Waals surface area contributed by atoms with Crippen LogP contribution in [0, 0.1) is 0 Å². The van der Waals surface area contributed by atoms with Crippen molar-refractivity contribution in [3.63, 3.8) is 0 Å². The molecule has 0 bridgehead atoms. The fourth-order valence-electron chi connectivity index (χ4n) is 2.92. The largest absolute Gasteiger partial charge is 0.488 e. The summed E-state index contributed by atoms with van der Waals surface area (Å²) in [5.41, 5.74) is 1.60. The van der Waals surface area contributed by atoms with E-state index >= 15 is 0 Å². The standard InChI is InChI=1S/C23H27N7O4/c1-15(13-32-5)33-18-6-16(22(24-2)29-17-9-25-14-26-10-17)7-19(8-18)34-21-12-27-20(11-28-21)23(31)30(3)4/h6-12,14-15H,13H2,1-5H3,(H,24,29). The Balaban J connectivity index is 1.90. The van der Waals surface area contributed by atoms with Crippen molar-refractivity contribution in [3.05, 3.63) is 60.6 Å². The molecule has 1 atom stereocenters. The highest BCUT2D eigenvalue weighted by Gasteiger charge is 2.14. The molecule has 2 heterocycles. The number of hydrogen-bond acceptors (Lipinski definition) is 9. The number of aromatic nitrogens is 4. The number of nitrogens with one attached hydrogen (secondary N) is 1. The van der Waals surface area contributed by atoms with Crippen molar-refractivity contribution in [1.29, 1.82) is 0 Å². The second-order valence-corrected chi connectivity index (χ2v) is 7.44. The lowest BCUT2D eigenvalue weighted by Crippen LogP contribution is -2.22. The Morgan fingerprint density at radius 1 is 1.09 bits per heavy atom. The van der Waals surface area contributed by atoms with Gasteiger partial charge in [-0.3, -0.25) is 9.79 Å². The van der Waals surface area contributed by atoms with Crippen LogP contribution in [0.25, 0.3) is 0 Å². The van der Waals surface area contributed by atoms with E-state index in [1.807, 2.05) is 13.0 Å².